The molecule has 1 aliphatic carbocycles. The van der Waals surface area contributed by atoms with Gasteiger partial charge in [0.2, 0.25) is 5.78 Å². The number of benzene rings is 3. The maximum absolute atomic E-state index is 13.7. The van der Waals surface area contributed by atoms with Gasteiger partial charge in [0.25, 0.3) is 0 Å². The van der Waals surface area contributed by atoms with Crippen molar-refractivity contribution in [3.8, 4) is 11.8 Å². The van der Waals surface area contributed by atoms with Crippen molar-refractivity contribution < 1.29 is 19.4 Å². The first-order valence-corrected chi connectivity index (χ1v) is 14.8. The molecular weight excluding hydrogens is 615 g/mol. The SMILES string of the molecule is COCCCNc1nc(NCCc2ccccc2)c(C#N)c(C)c1/N=N/c1c(Cl)cc(Cl)c2c1C(=O)c1c(O)cccc1C2=O. The number of methoxy groups -OCH3 is 1. The molecule has 0 saturated carbocycles. The van der Waals surface area contributed by atoms with Crippen molar-refractivity contribution in [1.29, 1.82) is 5.26 Å². The van der Waals surface area contributed by atoms with Crippen molar-refractivity contribution in [3.63, 3.8) is 0 Å². The van der Waals surface area contributed by atoms with Crippen LogP contribution in [0.1, 0.15) is 55.0 Å². The van der Waals surface area contributed by atoms with Crippen LogP contribution < -0.4 is 10.6 Å². The highest BCUT2D eigenvalue weighted by atomic mass is 35.5. The summed E-state index contributed by atoms with van der Waals surface area (Å²) in [4.78, 5) is 31.8. The summed E-state index contributed by atoms with van der Waals surface area (Å²) in [5.41, 5.74) is 1.64. The van der Waals surface area contributed by atoms with Crippen molar-refractivity contribution in [2.45, 2.75) is 19.8 Å². The second-order valence-corrected chi connectivity index (χ2v) is 11.0. The number of nitrogens with zero attached hydrogens (tertiary/aromatic N) is 4. The standard InChI is InChI=1S/C33H28Cl2N6O4/c1-18-21(17-36)32(38-14-12-19-8-4-3-5-9-19)39-33(37-13-7-15-45-2)28(18)40-41-29-23(35)16-22(34)26-27(29)31(44)25-20(30(26)43)10-6-11-24(25)42/h3-6,8-11,16,42H,7,12-15H2,1-2H3,(H2,37,38,39)/b41-40+. The molecule has 0 aliphatic heterocycles. The minimum Gasteiger partial charge on any atom is -0.507 e. The van der Waals surface area contributed by atoms with Crippen LogP contribution in [0.15, 0.2) is 64.8 Å². The number of nitrogens with one attached hydrogen (secondary N) is 2. The zero-order valence-electron chi connectivity index (χ0n) is 24.4. The highest BCUT2D eigenvalue weighted by Gasteiger charge is 2.37. The van der Waals surface area contributed by atoms with E-state index in [1.807, 2.05) is 30.3 Å². The van der Waals surface area contributed by atoms with Crippen LogP contribution in [0.5, 0.6) is 5.75 Å². The van der Waals surface area contributed by atoms with Gasteiger partial charge in [-0.15, -0.1) is 10.2 Å². The van der Waals surface area contributed by atoms with Gasteiger partial charge in [-0.3, -0.25) is 9.59 Å². The Morgan fingerprint density at radius 2 is 1.64 bits per heavy atom. The number of phenols is 1. The van der Waals surface area contributed by atoms with E-state index in [1.54, 1.807) is 14.0 Å². The summed E-state index contributed by atoms with van der Waals surface area (Å²) in [7, 11) is 1.61. The number of carbonyl (C=O) groups is 2. The summed E-state index contributed by atoms with van der Waals surface area (Å²) in [6, 6.07) is 17.7. The van der Waals surface area contributed by atoms with Gasteiger partial charge in [0.05, 0.1) is 32.3 Å². The minimum absolute atomic E-state index is 0.0243. The Balaban J connectivity index is 1.57. The Kier molecular flexibility index (Phi) is 9.74. The van der Waals surface area contributed by atoms with E-state index in [1.165, 1.54) is 24.3 Å². The molecule has 4 aromatic rings. The molecular formula is C33H28Cl2N6O4. The van der Waals surface area contributed by atoms with Crippen LogP contribution in [0.3, 0.4) is 0 Å². The summed E-state index contributed by atoms with van der Waals surface area (Å²) in [6.45, 7) is 3.25. The average Bonchev–Trinajstić information content (AvgIpc) is 3.02. The van der Waals surface area contributed by atoms with Crippen molar-refractivity contribution in [2.24, 2.45) is 10.2 Å². The van der Waals surface area contributed by atoms with E-state index >= 15 is 0 Å². The van der Waals surface area contributed by atoms with E-state index in [0.29, 0.717) is 43.3 Å². The predicted octanol–water partition coefficient (Wildman–Crippen LogP) is 7.57. The number of nitriles is 1. The summed E-state index contributed by atoms with van der Waals surface area (Å²) in [6.07, 6.45) is 1.39. The van der Waals surface area contributed by atoms with Crippen molar-refractivity contribution >= 4 is 57.8 Å². The molecule has 5 rings (SSSR count). The average molecular weight is 644 g/mol. The summed E-state index contributed by atoms with van der Waals surface area (Å²) >= 11 is 12.9. The van der Waals surface area contributed by atoms with Gasteiger partial charge in [-0.05, 0) is 37.5 Å². The maximum atomic E-state index is 13.7. The van der Waals surface area contributed by atoms with E-state index in [-0.39, 0.29) is 55.0 Å². The second-order valence-electron chi connectivity index (χ2n) is 10.2. The first kappa shape index (κ1) is 31.6. The molecule has 3 N–H and O–H groups in total. The zero-order chi connectivity index (χ0) is 32.1. The highest BCUT2D eigenvalue weighted by molar-refractivity contribution is 6.43. The molecule has 1 aromatic heterocycles. The fourth-order valence-corrected chi connectivity index (χ4v) is 5.66. The normalized spacial score (nSPS) is 12.2. The first-order chi connectivity index (χ1) is 21.8. The third kappa shape index (κ3) is 6.37. The lowest BCUT2D eigenvalue weighted by molar-refractivity contribution is 0.0977. The van der Waals surface area contributed by atoms with Gasteiger partial charge in [-0.1, -0.05) is 65.7 Å². The van der Waals surface area contributed by atoms with Crippen LogP contribution in [-0.2, 0) is 11.2 Å². The third-order valence-corrected chi connectivity index (χ3v) is 7.90. The monoisotopic (exact) mass is 642 g/mol. The molecule has 1 heterocycles. The maximum Gasteiger partial charge on any atom is 0.200 e. The first-order valence-electron chi connectivity index (χ1n) is 14.1. The Hall–Kier alpha value is -4.82. The predicted molar refractivity (Wildman–Crippen MR) is 173 cm³/mol. The number of pyridine rings is 1. The van der Waals surface area contributed by atoms with Gasteiger partial charge in [0, 0.05) is 37.9 Å². The number of ketones is 2. The van der Waals surface area contributed by atoms with Crippen LogP contribution in [0.4, 0.5) is 23.0 Å². The van der Waals surface area contributed by atoms with E-state index in [0.717, 1.165) is 12.0 Å². The number of fused-ring (bicyclic) bond motifs is 2. The van der Waals surface area contributed by atoms with E-state index < -0.39 is 11.6 Å². The Labute approximate surface area is 269 Å². The van der Waals surface area contributed by atoms with Crippen molar-refractivity contribution in [3.05, 3.63) is 104 Å². The third-order valence-electron chi connectivity index (χ3n) is 7.32. The molecule has 0 atom stereocenters. The van der Waals surface area contributed by atoms with Crippen molar-refractivity contribution in [2.75, 3.05) is 37.4 Å². The van der Waals surface area contributed by atoms with Crippen LogP contribution in [0, 0.1) is 18.3 Å². The largest absolute Gasteiger partial charge is 0.507 e. The highest BCUT2D eigenvalue weighted by Crippen LogP contribution is 2.44. The topological polar surface area (TPSA) is 149 Å². The summed E-state index contributed by atoms with van der Waals surface area (Å²) in [5.74, 6) is -0.844. The molecule has 0 bridgehead atoms. The van der Waals surface area contributed by atoms with Gasteiger partial charge in [-0.25, -0.2) is 4.98 Å². The number of aromatic hydroxyl groups is 1. The Bertz CT molecular complexity index is 1870. The molecule has 0 spiro atoms. The van der Waals surface area contributed by atoms with Crippen LogP contribution in [0.2, 0.25) is 10.0 Å². The molecule has 1 aliphatic rings. The number of hydrogen-bond acceptors (Lipinski definition) is 10. The fourth-order valence-electron chi connectivity index (χ4n) is 5.08. The quantitative estimate of drug-likeness (QED) is 0.0986. The molecule has 0 saturated heterocycles. The lowest BCUT2D eigenvalue weighted by Crippen LogP contribution is -2.21. The zero-order valence-corrected chi connectivity index (χ0v) is 26.0. The number of aromatic nitrogens is 1. The second kappa shape index (κ2) is 13.9. The number of halogens is 2. The van der Waals surface area contributed by atoms with Gasteiger partial charge >= 0.3 is 0 Å². The lowest BCUT2D eigenvalue weighted by atomic mass is 9.82. The fraction of sp³-hybridized carbons (Fsp3) is 0.212. The van der Waals surface area contributed by atoms with Gasteiger partial charge in [0.1, 0.15) is 29.0 Å². The number of rotatable bonds is 11. The molecule has 3 aromatic carbocycles. The Morgan fingerprint density at radius 1 is 0.911 bits per heavy atom. The van der Waals surface area contributed by atoms with Gasteiger partial charge in [-0.2, -0.15) is 5.26 Å². The number of ether oxygens (including phenoxy) is 1. The van der Waals surface area contributed by atoms with Crippen LogP contribution in [0.25, 0.3) is 0 Å². The molecule has 0 unspecified atom stereocenters. The molecule has 0 amide bonds. The number of anilines is 2. The smallest absolute Gasteiger partial charge is 0.200 e. The van der Waals surface area contributed by atoms with Crippen molar-refractivity contribution in [1.82, 2.24) is 4.98 Å². The summed E-state index contributed by atoms with van der Waals surface area (Å²) in [5, 5.41) is 35.8. The minimum atomic E-state index is -0.667. The lowest BCUT2D eigenvalue weighted by Gasteiger charge is -2.21. The van der Waals surface area contributed by atoms with Crippen LogP contribution >= 0.6 is 23.2 Å². The van der Waals surface area contributed by atoms with Gasteiger partial charge in [0.15, 0.2) is 11.6 Å². The molecule has 228 valence electrons. The molecule has 45 heavy (non-hydrogen) atoms. The number of azo groups is 1. The Morgan fingerprint density at radius 3 is 2.38 bits per heavy atom. The van der Waals surface area contributed by atoms with E-state index in [9.17, 15) is 20.0 Å². The molecule has 0 fully saturated rings. The van der Waals surface area contributed by atoms with Crippen LogP contribution in [-0.4, -0.2) is 48.5 Å². The summed E-state index contributed by atoms with van der Waals surface area (Å²) < 4.78 is 5.16. The van der Waals surface area contributed by atoms with E-state index in [4.69, 9.17) is 32.9 Å². The molecule has 0 radical (unpaired) electrons. The number of hydrogen-bond donors (Lipinski definition) is 3. The molecule has 10 nitrogen and oxygen atoms in total. The number of phenolic OH excluding ortho intramolecular Hbond substituents is 1. The number of carbonyl (C=O) groups excluding carboxylic acids is 2. The van der Waals surface area contributed by atoms with Gasteiger partial charge < -0.3 is 20.5 Å². The van der Waals surface area contributed by atoms with E-state index in [2.05, 4.69) is 26.9 Å². The molecule has 12 heteroatoms.